The van der Waals surface area contributed by atoms with Gasteiger partial charge in [-0.15, -0.1) is 0 Å². The van der Waals surface area contributed by atoms with Crippen LogP contribution in [0.5, 0.6) is 0 Å². The molecular formula is C10H20N2O. The molecule has 2 heterocycles. The quantitative estimate of drug-likeness (QED) is 0.612. The molecule has 2 aliphatic heterocycles. The van der Waals surface area contributed by atoms with Gasteiger partial charge in [-0.2, -0.15) is 0 Å². The summed E-state index contributed by atoms with van der Waals surface area (Å²) in [5.74, 6) is 0.906. The first-order valence-corrected chi connectivity index (χ1v) is 5.33. The zero-order valence-corrected chi connectivity index (χ0v) is 8.54. The molecule has 0 bridgehead atoms. The van der Waals surface area contributed by atoms with Crippen molar-refractivity contribution in [1.29, 1.82) is 0 Å². The molecule has 0 N–H and O–H groups in total. The zero-order chi connectivity index (χ0) is 9.10. The summed E-state index contributed by atoms with van der Waals surface area (Å²) in [5, 5.41) is 0. The van der Waals surface area contributed by atoms with Gasteiger partial charge in [0.15, 0.2) is 0 Å². The predicted molar refractivity (Wildman–Crippen MR) is 52.9 cm³/mol. The number of morpholine rings is 1. The zero-order valence-electron chi connectivity index (χ0n) is 8.54. The number of ether oxygens (including phenoxy) is 1. The number of rotatable bonds is 2. The lowest BCUT2D eigenvalue weighted by Crippen LogP contribution is -2.39. The second kappa shape index (κ2) is 4.40. The molecule has 76 valence electrons. The fourth-order valence-corrected chi connectivity index (χ4v) is 2.32. The standard InChI is InChI=1S/C10H20N2O/c1-11-3-2-10(8-11)9-12-4-6-13-7-5-12/h10H,2-9H2,1H3/t10-/m1/s1. The Kier molecular flexibility index (Phi) is 3.19. The van der Waals surface area contributed by atoms with Gasteiger partial charge in [-0.25, -0.2) is 0 Å². The van der Waals surface area contributed by atoms with Crippen molar-refractivity contribution in [3.8, 4) is 0 Å². The third-order valence-corrected chi connectivity index (χ3v) is 3.11. The fourth-order valence-electron chi connectivity index (χ4n) is 2.32. The Morgan fingerprint density at radius 2 is 2.00 bits per heavy atom. The minimum atomic E-state index is 0.906. The number of likely N-dealkylation sites (tertiary alicyclic amines) is 1. The van der Waals surface area contributed by atoms with Gasteiger partial charge < -0.3 is 9.64 Å². The van der Waals surface area contributed by atoms with Gasteiger partial charge in [-0.1, -0.05) is 0 Å². The van der Waals surface area contributed by atoms with Crippen LogP contribution in [0.25, 0.3) is 0 Å². The van der Waals surface area contributed by atoms with Crippen LogP contribution in [0.15, 0.2) is 0 Å². The second-order valence-electron chi connectivity index (χ2n) is 4.33. The van der Waals surface area contributed by atoms with E-state index < -0.39 is 0 Å². The third kappa shape index (κ3) is 2.66. The Labute approximate surface area is 80.6 Å². The van der Waals surface area contributed by atoms with E-state index in [1.54, 1.807) is 0 Å². The molecule has 3 nitrogen and oxygen atoms in total. The van der Waals surface area contributed by atoms with Crippen molar-refractivity contribution in [2.75, 3.05) is 53.0 Å². The van der Waals surface area contributed by atoms with E-state index in [0.29, 0.717) is 0 Å². The van der Waals surface area contributed by atoms with Gasteiger partial charge in [0.05, 0.1) is 13.2 Å². The number of nitrogens with zero attached hydrogens (tertiary/aromatic N) is 2. The van der Waals surface area contributed by atoms with Crippen molar-refractivity contribution in [2.45, 2.75) is 6.42 Å². The minimum absolute atomic E-state index is 0.906. The second-order valence-corrected chi connectivity index (χ2v) is 4.33. The lowest BCUT2D eigenvalue weighted by molar-refractivity contribution is 0.0313. The molecule has 0 aromatic heterocycles. The van der Waals surface area contributed by atoms with Crippen molar-refractivity contribution in [3.63, 3.8) is 0 Å². The summed E-state index contributed by atoms with van der Waals surface area (Å²) in [6, 6.07) is 0. The summed E-state index contributed by atoms with van der Waals surface area (Å²) < 4.78 is 5.33. The topological polar surface area (TPSA) is 15.7 Å². The van der Waals surface area contributed by atoms with Crippen molar-refractivity contribution < 1.29 is 4.74 Å². The van der Waals surface area contributed by atoms with E-state index in [9.17, 15) is 0 Å². The predicted octanol–water partition coefficient (Wildman–Crippen LogP) is 0.270. The van der Waals surface area contributed by atoms with Crippen LogP contribution in [0.2, 0.25) is 0 Å². The Morgan fingerprint density at radius 1 is 1.23 bits per heavy atom. The SMILES string of the molecule is CN1CC[C@@H](CN2CCOCC2)C1. The average Bonchev–Trinajstić information content (AvgIpc) is 2.53. The van der Waals surface area contributed by atoms with Crippen LogP contribution in [-0.4, -0.2) is 62.8 Å². The van der Waals surface area contributed by atoms with E-state index in [1.807, 2.05) is 0 Å². The van der Waals surface area contributed by atoms with Crippen LogP contribution in [0.3, 0.4) is 0 Å². The van der Waals surface area contributed by atoms with Gasteiger partial charge in [0.25, 0.3) is 0 Å². The van der Waals surface area contributed by atoms with Crippen LogP contribution in [0.4, 0.5) is 0 Å². The van der Waals surface area contributed by atoms with Gasteiger partial charge in [-0.05, 0) is 25.9 Å². The normalized spacial score (nSPS) is 32.5. The van der Waals surface area contributed by atoms with Crippen LogP contribution < -0.4 is 0 Å². The van der Waals surface area contributed by atoms with Crippen LogP contribution in [0.1, 0.15) is 6.42 Å². The molecule has 3 heteroatoms. The van der Waals surface area contributed by atoms with E-state index in [-0.39, 0.29) is 0 Å². The first-order chi connectivity index (χ1) is 6.34. The Bertz CT molecular complexity index is 154. The molecule has 0 aromatic rings. The molecule has 0 radical (unpaired) electrons. The van der Waals surface area contributed by atoms with Gasteiger partial charge in [0.2, 0.25) is 0 Å². The highest BCUT2D eigenvalue weighted by Crippen LogP contribution is 2.16. The molecule has 1 atom stereocenters. The summed E-state index contributed by atoms with van der Waals surface area (Å²) in [6.45, 7) is 8.01. The lowest BCUT2D eigenvalue weighted by atomic mass is 10.1. The molecule has 2 fully saturated rings. The molecule has 2 aliphatic rings. The monoisotopic (exact) mass is 184 g/mol. The van der Waals surface area contributed by atoms with Gasteiger partial charge in [0, 0.05) is 26.2 Å². The maximum absolute atomic E-state index is 5.33. The smallest absolute Gasteiger partial charge is 0.0594 e. The molecule has 2 saturated heterocycles. The Hall–Kier alpha value is -0.120. The van der Waals surface area contributed by atoms with Gasteiger partial charge in [-0.3, -0.25) is 4.90 Å². The van der Waals surface area contributed by atoms with Gasteiger partial charge >= 0.3 is 0 Å². The molecule has 0 unspecified atom stereocenters. The molecule has 2 rings (SSSR count). The highest BCUT2D eigenvalue weighted by Gasteiger charge is 2.22. The summed E-state index contributed by atoms with van der Waals surface area (Å²) in [5.41, 5.74) is 0. The summed E-state index contributed by atoms with van der Waals surface area (Å²) in [4.78, 5) is 4.98. The van der Waals surface area contributed by atoms with Crippen molar-refractivity contribution in [3.05, 3.63) is 0 Å². The third-order valence-electron chi connectivity index (χ3n) is 3.11. The van der Waals surface area contributed by atoms with E-state index in [0.717, 1.165) is 32.2 Å². The van der Waals surface area contributed by atoms with Crippen molar-refractivity contribution in [1.82, 2.24) is 9.80 Å². The fraction of sp³-hybridized carbons (Fsp3) is 1.00. The maximum Gasteiger partial charge on any atom is 0.0594 e. The van der Waals surface area contributed by atoms with E-state index in [1.165, 1.54) is 26.1 Å². The lowest BCUT2D eigenvalue weighted by Gasteiger charge is -2.28. The van der Waals surface area contributed by atoms with Crippen molar-refractivity contribution in [2.24, 2.45) is 5.92 Å². The molecule has 0 aromatic carbocycles. The number of hydrogen-bond acceptors (Lipinski definition) is 3. The Balaban J connectivity index is 1.71. The molecular weight excluding hydrogens is 164 g/mol. The highest BCUT2D eigenvalue weighted by molar-refractivity contribution is 4.76. The van der Waals surface area contributed by atoms with Crippen LogP contribution in [-0.2, 0) is 4.74 Å². The highest BCUT2D eigenvalue weighted by atomic mass is 16.5. The minimum Gasteiger partial charge on any atom is -0.379 e. The Morgan fingerprint density at radius 3 is 2.62 bits per heavy atom. The molecule has 0 aliphatic carbocycles. The van der Waals surface area contributed by atoms with Gasteiger partial charge in [0.1, 0.15) is 0 Å². The van der Waals surface area contributed by atoms with Crippen LogP contribution in [0, 0.1) is 5.92 Å². The number of hydrogen-bond donors (Lipinski definition) is 0. The average molecular weight is 184 g/mol. The molecule has 13 heavy (non-hydrogen) atoms. The summed E-state index contributed by atoms with van der Waals surface area (Å²) in [7, 11) is 2.22. The molecule has 0 spiro atoms. The first-order valence-electron chi connectivity index (χ1n) is 5.33. The van der Waals surface area contributed by atoms with E-state index in [4.69, 9.17) is 4.74 Å². The van der Waals surface area contributed by atoms with E-state index in [2.05, 4.69) is 16.8 Å². The van der Waals surface area contributed by atoms with Crippen molar-refractivity contribution >= 4 is 0 Å². The summed E-state index contributed by atoms with van der Waals surface area (Å²) >= 11 is 0. The summed E-state index contributed by atoms with van der Waals surface area (Å²) in [6.07, 6.45) is 1.38. The largest absolute Gasteiger partial charge is 0.379 e. The molecule has 0 amide bonds. The first kappa shape index (κ1) is 9.44. The molecule has 0 saturated carbocycles. The van der Waals surface area contributed by atoms with E-state index >= 15 is 0 Å². The maximum atomic E-state index is 5.33. The van der Waals surface area contributed by atoms with Crippen LogP contribution >= 0.6 is 0 Å².